The molecule has 4 heteroatoms. The molecule has 0 spiro atoms. The van der Waals surface area contributed by atoms with E-state index in [0.29, 0.717) is 12.0 Å². The van der Waals surface area contributed by atoms with Crippen molar-refractivity contribution in [3.05, 3.63) is 65.0 Å². The van der Waals surface area contributed by atoms with Crippen molar-refractivity contribution in [1.29, 1.82) is 0 Å². The molecule has 2 aromatic rings. The number of rotatable bonds is 3. The molecule has 1 fully saturated rings. The lowest BCUT2D eigenvalue weighted by molar-refractivity contribution is 0.0946. The average Bonchev–Trinajstić information content (AvgIpc) is 2.51. The predicted octanol–water partition coefficient (Wildman–Crippen LogP) is 3.47. The number of amides is 1. The second kappa shape index (κ2) is 5.69. The van der Waals surface area contributed by atoms with E-state index in [1.165, 1.54) is 6.07 Å². The highest BCUT2D eigenvalue weighted by atomic mass is 19.1. The van der Waals surface area contributed by atoms with Crippen molar-refractivity contribution >= 4 is 11.6 Å². The minimum Gasteiger partial charge on any atom is -0.382 e. The molecule has 2 aromatic carbocycles. The highest BCUT2D eigenvalue weighted by Crippen LogP contribution is 2.38. The Morgan fingerprint density at radius 1 is 1.13 bits per heavy atom. The summed E-state index contributed by atoms with van der Waals surface area (Å²) in [7, 11) is 0. The molecule has 23 heavy (non-hydrogen) atoms. The number of carbonyl (C=O) groups excluding carboxylic acids is 1. The van der Waals surface area contributed by atoms with Gasteiger partial charge in [-0.1, -0.05) is 18.2 Å². The van der Waals surface area contributed by atoms with Gasteiger partial charge in [0.25, 0.3) is 5.91 Å². The van der Waals surface area contributed by atoms with E-state index in [1.807, 2.05) is 24.3 Å². The SMILES string of the molecule is O=C1NCCc2ccc(NC3CC(c4cccc(F)c4)C3)cc21. The van der Waals surface area contributed by atoms with Gasteiger partial charge in [0.1, 0.15) is 5.82 Å². The summed E-state index contributed by atoms with van der Waals surface area (Å²) >= 11 is 0. The van der Waals surface area contributed by atoms with E-state index in [-0.39, 0.29) is 11.7 Å². The maximum atomic E-state index is 13.3. The third kappa shape index (κ3) is 2.81. The maximum absolute atomic E-state index is 13.3. The zero-order valence-electron chi connectivity index (χ0n) is 12.8. The number of hydrogen-bond acceptors (Lipinski definition) is 2. The molecule has 1 heterocycles. The van der Waals surface area contributed by atoms with Crippen molar-refractivity contribution in [2.45, 2.75) is 31.2 Å². The lowest BCUT2D eigenvalue weighted by Crippen LogP contribution is -2.35. The van der Waals surface area contributed by atoms with E-state index in [0.717, 1.165) is 48.2 Å². The monoisotopic (exact) mass is 310 g/mol. The molecule has 118 valence electrons. The van der Waals surface area contributed by atoms with Crippen LogP contribution < -0.4 is 10.6 Å². The molecule has 1 aliphatic carbocycles. The highest BCUT2D eigenvalue weighted by molar-refractivity contribution is 5.97. The Balaban J connectivity index is 1.41. The molecule has 0 bridgehead atoms. The number of nitrogens with one attached hydrogen (secondary N) is 2. The van der Waals surface area contributed by atoms with Crippen molar-refractivity contribution < 1.29 is 9.18 Å². The fourth-order valence-electron chi connectivity index (χ4n) is 3.51. The molecular formula is C19H19FN2O. The van der Waals surface area contributed by atoms with Crippen LogP contribution in [0.15, 0.2) is 42.5 Å². The van der Waals surface area contributed by atoms with Gasteiger partial charge < -0.3 is 10.6 Å². The van der Waals surface area contributed by atoms with Gasteiger partial charge >= 0.3 is 0 Å². The molecule has 0 saturated heterocycles. The molecule has 0 unspecified atom stereocenters. The summed E-state index contributed by atoms with van der Waals surface area (Å²) in [6.07, 6.45) is 2.88. The van der Waals surface area contributed by atoms with Crippen molar-refractivity contribution in [3.63, 3.8) is 0 Å². The Morgan fingerprint density at radius 3 is 2.83 bits per heavy atom. The van der Waals surface area contributed by atoms with Crippen LogP contribution in [0.1, 0.15) is 40.2 Å². The quantitative estimate of drug-likeness (QED) is 0.911. The van der Waals surface area contributed by atoms with Gasteiger partial charge in [-0.15, -0.1) is 0 Å². The first-order chi connectivity index (χ1) is 11.2. The molecule has 1 aliphatic heterocycles. The second-order valence-electron chi connectivity index (χ2n) is 6.44. The van der Waals surface area contributed by atoms with Crippen molar-refractivity contribution in [2.24, 2.45) is 0 Å². The third-order valence-corrected chi connectivity index (χ3v) is 4.86. The topological polar surface area (TPSA) is 41.1 Å². The number of carbonyl (C=O) groups is 1. The number of fused-ring (bicyclic) bond motifs is 1. The normalized spacial score (nSPS) is 22.7. The first-order valence-corrected chi connectivity index (χ1v) is 8.12. The summed E-state index contributed by atoms with van der Waals surface area (Å²) in [5.41, 5.74) is 3.96. The smallest absolute Gasteiger partial charge is 0.251 e. The van der Waals surface area contributed by atoms with E-state index in [1.54, 1.807) is 12.1 Å². The van der Waals surface area contributed by atoms with Gasteiger partial charge in [-0.2, -0.15) is 0 Å². The van der Waals surface area contributed by atoms with E-state index in [4.69, 9.17) is 0 Å². The van der Waals surface area contributed by atoms with Gasteiger partial charge in [-0.25, -0.2) is 4.39 Å². The molecule has 1 saturated carbocycles. The van der Waals surface area contributed by atoms with Gasteiger partial charge in [0, 0.05) is 23.8 Å². The summed E-state index contributed by atoms with van der Waals surface area (Å²) < 4.78 is 13.3. The Kier molecular flexibility index (Phi) is 3.52. The van der Waals surface area contributed by atoms with Crippen LogP contribution in [0.5, 0.6) is 0 Å². The Bertz CT molecular complexity index is 753. The molecular weight excluding hydrogens is 291 g/mol. The Labute approximate surface area is 134 Å². The second-order valence-corrected chi connectivity index (χ2v) is 6.44. The van der Waals surface area contributed by atoms with Gasteiger partial charge in [0.05, 0.1) is 0 Å². The standard InChI is InChI=1S/C19H19FN2O/c20-15-3-1-2-13(8-15)14-9-17(10-14)22-16-5-4-12-6-7-21-19(23)18(12)11-16/h1-5,8,11,14,17,22H,6-7,9-10H2,(H,21,23). The largest absolute Gasteiger partial charge is 0.382 e. The summed E-state index contributed by atoms with van der Waals surface area (Å²) in [4.78, 5) is 11.9. The zero-order chi connectivity index (χ0) is 15.8. The summed E-state index contributed by atoms with van der Waals surface area (Å²) in [6.45, 7) is 0.719. The molecule has 0 atom stereocenters. The van der Waals surface area contributed by atoms with Crippen LogP contribution in [0.3, 0.4) is 0 Å². The van der Waals surface area contributed by atoms with Crippen molar-refractivity contribution in [2.75, 3.05) is 11.9 Å². The summed E-state index contributed by atoms with van der Waals surface area (Å²) in [6, 6.07) is 13.3. The molecule has 4 rings (SSSR count). The fourth-order valence-corrected chi connectivity index (χ4v) is 3.51. The molecule has 0 radical (unpaired) electrons. The van der Waals surface area contributed by atoms with Gasteiger partial charge in [0.15, 0.2) is 0 Å². The molecule has 1 amide bonds. The Hall–Kier alpha value is -2.36. The van der Waals surface area contributed by atoms with Gasteiger partial charge in [-0.3, -0.25) is 4.79 Å². The number of halogens is 1. The fraction of sp³-hybridized carbons (Fsp3) is 0.316. The third-order valence-electron chi connectivity index (χ3n) is 4.86. The summed E-state index contributed by atoms with van der Waals surface area (Å²) in [5, 5.41) is 6.37. The highest BCUT2D eigenvalue weighted by Gasteiger charge is 2.30. The first kappa shape index (κ1) is 14.2. The lowest BCUT2D eigenvalue weighted by Gasteiger charge is -2.37. The van der Waals surface area contributed by atoms with Crippen LogP contribution in [0.2, 0.25) is 0 Å². The van der Waals surface area contributed by atoms with Crippen LogP contribution in [0.4, 0.5) is 10.1 Å². The predicted molar refractivity (Wildman–Crippen MR) is 88.3 cm³/mol. The van der Waals surface area contributed by atoms with E-state index >= 15 is 0 Å². The van der Waals surface area contributed by atoms with Crippen LogP contribution in [0.25, 0.3) is 0 Å². The number of hydrogen-bond donors (Lipinski definition) is 2. The maximum Gasteiger partial charge on any atom is 0.251 e. The molecule has 2 aliphatic rings. The minimum atomic E-state index is -0.167. The average molecular weight is 310 g/mol. The summed E-state index contributed by atoms with van der Waals surface area (Å²) in [5.74, 6) is 0.268. The van der Waals surface area contributed by atoms with E-state index < -0.39 is 0 Å². The molecule has 2 N–H and O–H groups in total. The van der Waals surface area contributed by atoms with Crippen LogP contribution in [-0.2, 0) is 6.42 Å². The lowest BCUT2D eigenvalue weighted by atomic mass is 9.75. The molecule has 0 aromatic heterocycles. The van der Waals surface area contributed by atoms with Crippen molar-refractivity contribution in [1.82, 2.24) is 5.32 Å². The van der Waals surface area contributed by atoms with Gasteiger partial charge in [-0.05, 0) is 60.6 Å². The number of benzene rings is 2. The van der Waals surface area contributed by atoms with Crippen LogP contribution >= 0.6 is 0 Å². The number of anilines is 1. The zero-order valence-corrected chi connectivity index (χ0v) is 12.8. The van der Waals surface area contributed by atoms with Gasteiger partial charge in [0.2, 0.25) is 0 Å². The van der Waals surface area contributed by atoms with Crippen molar-refractivity contribution in [3.8, 4) is 0 Å². The minimum absolute atomic E-state index is 0.0150. The Morgan fingerprint density at radius 2 is 2.00 bits per heavy atom. The first-order valence-electron chi connectivity index (χ1n) is 8.12. The van der Waals surface area contributed by atoms with Crippen LogP contribution in [0, 0.1) is 5.82 Å². The van der Waals surface area contributed by atoms with E-state index in [9.17, 15) is 9.18 Å². The molecule has 3 nitrogen and oxygen atoms in total. The van der Waals surface area contributed by atoms with E-state index in [2.05, 4.69) is 10.6 Å². The van der Waals surface area contributed by atoms with Crippen LogP contribution in [-0.4, -0.2) is 18.5 Å².